The maximum Gasteiger partial charge on any atom is 0.229 e. The summed E-state index contributed by atoms with van der Waals surface area (Å²) in [5.41, 5.74) is 0.423. The second-order valence-corrected chi connectivity index (χ2v) is 3.52. The SMILES string of the molecule is CCOc1ccc(Oc2ncccc2C=O)cc1. The first-order valence-electron chi connectivity index (χ1n) is 5.64. The van der Waals surface area contributed by atoms with Crippen molar-refractivity contribution < 1.29 is 14.3 Å². The number of pyridine rings is 1. The van der Waals surface area contributed by atoms with Gasteiger partial charge in [-0.2, -0.15) is 0 Å². The van der Waals surface area contributed by atoms with Crippen LogP contribution in [-0.4, -0.2) is 17.9 Å². The smallest absolute Gasteiger partial charge is 0.229 e. The molecule has 0 aliphatic rings. The molecule has 4 heteroatoms. The van der Waals surface area contributed by atoms with E-state index in [2.05, 4.69) is 4.98 Å². The maximum absolute atomic E-state index is 10.8. The summed E-state index contributed by atoms with van der Waals surface area (Å²) in [5.74, 6) is 1.69. The third-order valence-corrected chi connectivity index (χ3v) is 2.28. The largest absolute Gasteiger partial charge is 0.494 e. The monoisotopic (exact) mass is 243 g/mol. The van der Waals surface area contributed by atoms with Crippen molar-refractivity contribution in [3.05, 3.63) is 48.2 Å². The molecular formula is C14H13NO3. The molecule has 0 atom stereocenters. The van der Waals surface area contributed by atoms with Gasteiger partial charge in [0.25, 0.3) is 0 Å². The van der Waals surface area contributed by atoms with E-state index in [4.69, 9.17) is 9.47 Å². The molecule has 0 unspecified atom stereocenters. The number of carbonyl (C=O) groups is 1. The van der Waals surface area contributed by atoms with Gasteiger partial charge in [0.15, 0.2) is 6.29 Å². The van der Waals surface area contributed by atoms with Gasteiger partial charge in [0.05, 0.1) is 12.2 Å². The van der Waals surface area contributed by atoms with Crippen LogP contribution in [0.15, 0.2) is 42.6 Å². The van der Waals surface area contributed by atoms with Crippen LogP contribution < -0.4 is 9.47 Å². The molecule has 0 saturated heterocycles. The zero-order valence-electron chi connectivity index (χ0n) is 10.00. The molecule has 1 aromatic heterocycles. The molecule has 0 fully saturated rings. The predicted octanol–water partition coefficient (Wildman–Crippen LogP) is 3.09. The van der Waals surface area contributed by atoms with Crippen molar-refractivity contribution >= 4 is 6.29 Å². The zero-order chi connectivity index (χ0) is 12.8. The van der Waals surface area contributed by atoms with Crippen molar-refractivity contribution in [1.29, 1.82) is 0 Å². The van der Waals surface area contributed by atoms with Crippen LogP contribution in [0.5, 0.6) is 17.4 Å². The molecule has 0 saturated carbocycles. The van der Waals surface area contributed by atoms with Crippen molar-refractivity contribution in [2.45, 2.75) is 6.92 Å². The first-order valence-corrected chi connectivity index (χ1v) is 5.64. The molecule has 1 aromatic carbocycles. The van der Waals surface area contributed by atoms with Gasteiger partial charge in [0, 0.05) is 6.20 Å². The highest BCUT2D eigenvalue weighted by Crippen LogP contribution is 2.24. The summed E-state index contributed by atoms with van der Waals surface area (Å²) in [5, 5.41) is 0. The molecule has 0 aliphatic carbocycles. The Hall–Kier alpha value is -2.36. The van der Waals surface area contributed by atoms with Gasteiger partial charge in [0.2, 0.25) is 5.88 Å². The van der Waals surface area contributed by atoms with Crippen LogP contribution in [0.25, 0.3) is 0 Å². The molecule has 0 bridgehead atoms. The van der Waals surface area contributed by atoms with E-state index in [1.165, 1.54) is 0 Å². The summed E-state index contributed by atoms with van der Waals surface area (Å²) in [6, 6.07) is 10.5. The fourth-order valence-electron chi connectivity index (χ4n) is 1.46. The molecule has 1 heterocycles. The van der Waals surface area contributed by atoms with Crippen LogP contribution in [0.3, 0.4) is 0 Å². The number of benzene rings is 1. The summed E-state index contributed by atoms with van der Waals surface area (Å²) in [7, 11) is 0. The van der Waals surface area contributed by atoms with Gasteiger partial charge in [0.1, 0.15) is 11.5 Å². The highest BCUT2D eigenvalue weighted by molar-refractivity contribution is 5.78. The van der Waals surface area contributed by atoms with Crippen molar-refractivity contribution in [3.8, 4) is 17.4 Å². The first-order chi connectivity index (χ1) is 8.83. The van der Waals surface area contributed by atoms with E-state index in [9.17, 15) is 4.79 Å². The molecule has 0 N–H and O–H groups in total. The third kappa shape index (κ3) is 2.85. The van der Waals surface area contributed by atoms with Gasteiger partial charge in [-0.3, -0.25) is 4.79 Å². The second kappa shape index (κ2) is 5.82. The lowest BCUT2D eigenvalue weighted by molar-refractivity contribution is 0.112. The van der Waals surface area contributed by atoms with Gasteiger partial charge in [-0.15, -0.1) is 0 Å². The van der Waals surface area contributed by atoms with Gasteiger partial charge in [-0.05, 0) is 43.3 Å². The fraction of sp³-hybridized carbons (Fsp3) is 0.143. The molecule has 0 aliphatic heterocycles. The van der Waals surface area contributed by atoms with Gasteiger partial charge < -0.3 is 9.47 Å². The van der Waals surface area contributed by atoms with Gasteiger partial charge >= 0.3 is 0 Å². The van der Waals surface area contributed by atoms with Crippen molar-refractivity contribution in [2.75, 3.05) is 6.61 Å². The molecule has 92 valence electrons. The fourth-order valence-corrected chi connectivity index (χ4v) is 1.46. The van der Waals surface area contributed by atoms with Crippen LogP contribution >= 0.6 is 0 Å². The first kappa shape index (κ1) is 12.1. The average molecular weight is 243 g/mol. The number of aldehydes is 1. The van der Waals surface area contributed by atoms with Crippen molar-refractivity contribution in [1.82, 2.24) is 4.98 Å². The van der Waals surface area contributed by atoms with Gasteiger partial charge in [-0.1, -0.05) is 0 Å². The highest BCUT2D eigenvalue weighted by atomic mass is 16.5. The number of carbonyl (C=O) groups excluding carboxylic acids is 1. The Balaban J connectivity index is 2.15. The lowest BCUT2D eigenvalue weighted by Crippen LogP contribution is -1.94. The Bertz CT molecular complexity index is 523. The van der Waals surface area contributed by atoms with Crippen LogP contribution in [0, 0.1) is 0 Å². The standard InChI is InChI=1S/C14H13NO3/c1-2-17-12-5-7-13(8-6-12)18-14-11(10-16)4-3-9-15-14/h3-10H,2H2,1H3. The average Bonchev–Trinajstić information content (AvgIpc) is 2.42. The summed E-state index contributed by atoms with van der Waals surface area (Å²) in [6.07, 6.45) is 2.30. The summed E-state index contributed by atoms with van der Waals surface area (Å²) in [6.45, 7) is 2.55. The number of rotatable bonds is 5. The molecule has 18 heavy (non-hydrogen) atoms. The number of nitrogens with zero attached hydrogens (tertiary/aromatic N) is 1. The van der Waals surface area contributed by atoms with E-state index in [0.29, 0.717) is 23.8 Å². The number of hydrogen-bond acceptors (Lipinski definition) is 4. The van der Waals surface area contributed by atoms with Crippen LogP contribution in [0.2, 0.25) is 0 Å². The Labute approximate surface area is 105 Å². The van der Waals surface area contributed by atoms with E-state index in [1.807, 2.05) is 19.1 Å². The van der Waals surface area contributed by atoms with E-state index in [0.717, 1.165) is 12.0 Å². The molecule has 2 rings (SSSR count). The van der Waals surface area contributed by atoms with Crippen LogP contribution in [0.1, 0.15) is 17.3 Å². The number of hydrogen-bond donors (Lipinski definition) is 0. The molecule has 2 aromatic rings. The van der Waals surface area contributed by atoms with Crippen molar-refractivity contribution in [3.63, 3.8) is 0 Å². The zero-order valence-corrected chi connectivity index (χ0v) is 10.00. The molecule has 0 radical (unpaired) electrons. The summed E-state index contributed by atoms with van der Waals surface area (Å²) in [4.78, 5) is 14.8. The topological polar surface area (TPSA) is 48.4 Å². The van der Waals surface area contributed by atoms with Crippen molar-refractivity contribution in [2.24, 2.45) is 0 Å². The van der Waals surface area contributed by atoms with E-state index in [-0.39, 0.29) is 0 Å². The molecule has 0 amide bonds. The minimum absolute atomic E-state index is 0.302. The minimum atomic E-state index is 0.302. The molecule has 4 nitrogen and oxygen atoms in total. The summed E-state index contributed by atoms with van der Waals surface area (Å²) < 4.78 is 10.9. The highest BCUT2D eigenvalue weighted by Gasteiger charge is 2.04. The second-order valence-electron chi connectivity index (χ2n) is 3.52. The lowest BCUT2D eigenvalue weighted by atomic mass is 10.3. The lowest BCUT2D eigenvalue weighted by Gasteiger charge is -2.07. The minimum Gasteiger partial charge on any atom is -0.494 e. The molecular weight excluding hydrogens is 230 g/mol. The predicted molar refractivity (Wildman–Crippen MR) is 67.3 cm³/mol. The van der Waals surface area contributed by atoms with E-state index in [1.54, 1.807) is 30.5 Å². The Morgan fingerprint density at radius 2 is 1.89 bits per heavy atom. The Morgan fingerprint density at radius 1 is 1.17 bits per heavy atom. The van der Waals surface area contributed by atoms with Crippen LogP contribution in [0.4, 0.5) is 0 Å². The summed E-state index contributed by atoms with van der Waals surface area (Å²) >= 11 is 0. The maximum atomic E-state index is 10.8. The number of aromatic nitrogens is 1. The van der Waals surface area contributed by atoms with E-state index < -0.39 is 0 Å². The Morgan fingerprint density at radius 3 is 2.56 bits per heavy atom. The molecule has 0 spiro atoms. The third-order valence-electron chi connectivity index (χ3n) is 2.28. The van der Waals surface area contributed by atoms with E-state index >= 15 is 0 Å². The Kier molecular flexibility index (Phi) is 3.91. The quantitative estimate of drug-likeness (QED) is 0.757. The normalized spacial score (nSPS) is 9.83. The van der Waals surface area contributed by atoms with Crippen LogP contribution in [-0.2, 0) is 0 Å². The number of ether oxygens (including phenoxy) is 2. The van der Waals surface area contributed by atoms with Gasteiger partial charge in [-0.25, -0.2) is 4.98 Å².